The number of nitrogens with one attached hydrogen (secondary N) is 1. The molecule has 0 spiro atoms. The van der Waals surface area contributed by atoms with Gasteiger partial charge in [0.05, 0.1) is 6.20 Å². The third-order valence-electron chi connectivity index (χ3n) is 3.35. The number of anilines is 1. The molecule has 5 heteroatoms. The Balaban J connectivity index is 1.81. The van der Waals surface area contributed by atoms with Gasteiger partial charge in [-0.15, -0.1) is 0 Å². The highest BCUT2D eigenvalue weighted by Gasteiger charge is 2.40. The molecule has 0 bridgehead atoms. The lowest BCUT2D eigenvalue weighted by Gasteiger charge is -2.14. The molecule has 5 nitrogen and oxygen atoms in total. The summed E-state index contributed by atoms with van der Waals surface area (Å²) in [7, 11) is 0. The van der Waals surface area contributed by atoms with Crippen molar-refractivity contribution in [2.45, 2.75) is 12.8 Å². The minimum Gasteiger partial charge on any atom is -0.368 e. The molecule has 2 heterocycles. The average molecular weight is 217 g/mol. The number of nitrogens with two attached hydrogens (primary N) is 1. The van der Waals surface area contributed by atoms with Crippen LogP contribution in [0.1, 0.15) is 12.8 Å². The number of aromatic nitrogens is 3. The fourth-order valence-corrected chi connectivity index (χ4v) is 1.89. The summed E-state index contributed by atoms with van der Waals surface area (Å²) >= 11 is 0. The van der Waals surface area contributed by atoms with Gasteiger partial charge in [0.25, 0.3) is 0 Å². The van der Waals surface area contributed by atoms with E-state index in [2.05, 4.69) is 15.4 Å². The van der Waals surface area contributed by atoms with E-state index in [1.54, 1.807) is 12.4 Å². The molecule has 0 radical (unpaired) electrons. The van der Waals surface area contributed by atoms with E-state index >= 15 is 0 Å². The predicted molar refractivity (Wildman–Crippen MR) is 62.2 cm³/mol. The summed E-state index contributed by atoms with van der Waals surface area (Å²) in [6.07, 6.45) is 7.82. The van der Waals surface area contributed by atoms with Crippen molar-refractivity contribution in [2.24, 2.45) is 11.1 Å². The van der Waals surface area contributed by atoms with E-state index in [0.29, 0.717) is 5.41 Å². The fourth-order valence-electron chi connectivity index (χ4n) is 1.89. The van der Waals surface area contributed by atoms with Crippen LogP contribution in [0, 0.1) is 5.41 Å². The summed E-state index contributed by atoms with van der Waals surface area (Å²) in [5.41, 5.74) is 7.07. The first-order valence-corrected chi connectivity index (χ1v) is 5.55. The zero-order valence-electron chi connectivity index (χ0n) is 9.06. The topological polar surface area (TPSA) is 68.2 Å². The minimum absolute atomic E-state index is 0.314. The van der Waals surface area contributed by atoms with Gasteiger partial charge in [0.1, 0.15) is 5.52 Å². The first-order valence-electron chi connectivity index (χ1n) is 5.55. The second-order valence-electron chi connectivity index (χ2n) is 4.49. The molecule has 1 aliphatic carbocycles. The Morgan fingerprint density at radius 1 is 1.44 bits per heavy atom. The molecule has 0 aliphatic heterocycles. The molecule has 0 aromatic carbocycles. The molecule has 2 aromatic rings. The molecule has 0 unspecified atom stereocenters. The van der Waals surface area contributed by atoms with Gasteiger partial charge in [-0.3, -0.25) is 0 Å². The molecule has 3 N–H and O–H groups in total. The maximum Gasteiger partial charge on any atom is 0.152 e. The van der Waals surface area contributed by atoms with Crippen molar-refractivity contribution in [1.82, 2.24) is 14.6 Å². The molecular formula is C11H15N5. The van der Waals surface area contributed by atoms with Crippen molar-refractivity contribution in [1.29, 1.82) is 0 Å². The summed E-state index contributed by atoms with van der Waals surface area (Å²) in [5, 5.41) is 7.55. The van der Waals surface area contributed by atoms with Crippen molar-refractivity contribution < 1.29 is 0 Å². The highest BCUT2D eigenvalue weighted by molar-refractivity contribution is 5.66. The van der Waals surface area contributed by atoms with Gasteiger partial charge in [-0.05, 0) is 30.9 Å². The van der Waals surface area contributed by atoms with Crippen LogP contribution >= 0.6 is 0 Å². The molecule has 2 aromatic heterocycles. The van der Waals surface area contributed by atoms with Crippen LogP contribution in [0.15, 0.2) is 24.7 Å². The maximum atomic E-state index is 5.75. The van der Waals surface area contributed by atoms with Crippen LogP contribution in [-0.4, -0.2) is 27.7 Å². The second kappa shape index (κ2) is 3.45. The summed E-state index contributed by atoms with van der Waals surface area (Å²) < 4.78 is 1.82. The first-order chi connectivity index (χ1) is 7.83. The maximum absolute atomic E-state index is 5.75. The van der Waals surface area contributed by atoms with Crippen molar-refractivity contribution >= 4 is 11.3 Å². The largest absolute Gasteiger partial charge is 0.368 e. The molecule has 3 rings (SSSR count). The van der Waals surface area contributed by atoms with Gasteiger partial charge in [-0.25, -0.2) is 9.50 Å². The van der Waals surface area contributed by atoms with E-state index in [1.165, 1.54) is 12.8 Å². The third kappa shape index (κ3) is 1.53. The van der Waals surface area contributed by atoms with Crippen LogP contribution in [0.5, 0.6) is 0 Å². The zero-order valence-corrected chi connectivity index (χ0v) is 9.06. The standard InChI is InChI=1S/C11H15N5/c12-7-11(2-3-11)8-14-10-9-1-4-15-16(9)6-5-13-10/h1,4-6H,2-3,7-8,12H2,(H,13,14). The minimum atomic E-state index is 0.314. The lowest BCUT2D eigenvalue weighted by Crippen LogP contribution is -2.24. The lowest BCUT2D eigenvalue weighted by molar-refractivity contribution is 0.555. The van der Waals surface area contributed by atoms with Crippen LogP contribution in [0.3, 0.4) is 0 Å². The monoisotopic (exact) mass is 217 g/mol. The summed E-state index contributed by atoms with van der Waals surface area (Å²) in [6.45, 7) is 1.66. The molecule has 1 saturated carbocycles. The van der Waals surface area contributed by atoms with Gasteiger partial charge in [0.2, 0.25) is 0 Å². The summed E-state index contributed by atoms with van der Waals surface area (Å²) in [6, 6.07) is 1.96. The Morgan fingerprint density at radius 3 is 3.06 bits per heavy atom. The Hall–Kier alpha value is -1.62. The molecular weight excluding hydrogens is 202 g/mol. The fraction of sp³-hybridized carbons (Fsp3) is 0.455. The zero-order chi connectivity index (χ0) is 11.0. The Morgan fingerprint density at radius 2 is 2.31 bits per heavy atom. The third-order valence-corrected chi connectivity index (χ3v) is 3.35. The Bertz CT molecular complexity index is 500. The van der Waals surface area contributed by atoms with Crippen molar-refractivity contribution in [3.63, 3.8) is 0 Å². The normalized spacial score (nSPS) is 17.6. The van der Waals surface area contributed by atoms with Crippen LogP contribution in [0.25, 0.3) is 5.52 Å². The summed E-state index contributed by atoms with van der Waals surface area (Å²) in [4.78, 5) is 4.33. The quantitative estimate of drug-likeness (QED) is 0.797. The number of rotatable bonds is 4. The van der Waals surface area contributed by atoms with Crippen LogP contribution in [0.2, 0.25) is 0 Å². The van der Waals surface area contributed by atoms with E-state index in [9.17, 15) is 0 Å². The highest BCUT2D eigenvalue weighted by Crippen LogP contribution is 2.44. The lowest BCUT2D eigenvalue weighted by atomic mass is 10.1. The van der Waals surface area contributed by atoms with Gasteiger partial charge in [-0.1, -0.05) is 0 Å². The molecule has 0 amide bonds. The Kier molecular flexibility index (Phi) is 2.07. The van der Waals surface area contributed by atoms with E-state index in [4.69, 9.17) is 5.73 Å². The number of hydrogen-bond donors (Lipinski definition) is 2. The van der Waals surface area contributed by atoms with Crippen LogP contribution in [0.4, 0.5) is 5.82 Å². The van der Waals surface area contributed by atoms with E-state index < -0.39 is 0 Å². The average Bonchev–Trinajstić information content (AvgIpc) is 2.94. The van der Waals surface area contributed by atoms with Gasteiger partial charge in [0.15, 0.2) is 5.82 Å². The van der Waals surface area contributed by atoms with Gasteiger partial charge < -0.3 is 11.1 Å². The first kappa shape index (κ1) is 9.59. The van der Waals surface area contributed by atoms with Crippen molar-refractivity contribution in [3.05, 3.63) is 24.7 Å². The van der Waals surface area contributed by atoms with Gasteiger partial charge in [0, 0.05) is 18.9 Å². The van der Waals surface area contributed by atoms with Crippen molar-refractivity contribution in [3.8, 4) is 0 Å². The highest BCUT2D eigenvalue weighted by atomic mass is 15.2. The molecule has 16 heavy (non-hydrogen) atoms. The Labute approximate surface area is 93.7 Å². The van der Waals surface area contributed by atoms with E-state index in [0.717, 1.165) is 24.4 Å². The molecule has 0 atom stereocenters. The second-order valence-corrected chi connectivity index (χ2v) is 4.49. The molecule has 0 saturated heterocycles. The van der Waals surface area contributed by atoms with E-state index in [-0.39, 0.29) is 0 Å². The van der Waals surface area contributed by atoms with Crippen LogP contribution in [-0.2, 0) is 0 Å². The smallest absolute Gasteiger partial charge is 0.152 e. The SMILES string of the molecule is NCC1(CNc2nccn3nccc23)CC1. The molecule has 84 valence electrons. The summed E-state index contributed by atoms with van der Waals surface area (Å²) in [5.74, 6) is 0.889. The predicted octanol–water partition coefficient (Wildman–Crippen LogP) is 0.880. The van der Waals surface area contributed by atoms with Crippen molar-refractivity contribution in [2.75, 3.05) is 18.4 Å². The number of nitrogens with zero attached hydrogens (tertiary/aromatic N) is 3. The number of fused-ring (bicyclic) bond motifs is 1. The van der Waals surface area contributed by atoms with E-state index in [1.807, 2.05) is 16.8 Å². The number of hydrogen-bond acceptors (Lipinski definition) is 4. The van der Waals surface area contributed by atoms with Crippen LogP contribution < -0.4 is 11.1 Å². The van der Waals surface area contributed by atoms with Gasteiger partial charge in [-0.2, -0.15) is 5.10 Å². The van der Waals surface area contributed by atoms with Gasteiger partial charge >= 0.3 is 0 Å². The molecule has 1 aliphatic rings. The molecule has 1 fully saturated rings.